The fraction of sp³-hybridized carbons (Fsp3) is 0.562. The van der Waals surface area contributed by atoms with Gasteiger partial charge in [0.15, 0.2) is 5.58 Å². The number of hydrogen-bond donors (Lipinski definition) is 1. The minimum absolute atomic E-state index is 0.00250. The van der Waals surface area contributed by atoms with Crippen molar-refractivity contribution in [3.8, 4) is 0 Å². The predicted octanol–water partition coefficient (Wildman–Crippen LogP) is 4.76. The van der Waals surface area contributed by atoms with E-state index in [0.29, 0.717) is 5.58 Å². The number of benzene rings is 1. The van der Waals surface area contributed by atoms with Crippen molar-refractivity contribution in [3.63, 3.8) is 0 Å². The first kappa shape index (κ1) is 13.7. The molecule has 1 aliphatic carbocycles. The van der Waals surface area contributed by atoms with Crippen LogP contribution in [-0.4, -0.2) is 4.98 Å². The molecule has 0 saturated heterocycles. The van der Waals surface area contributed by atoms with Gasteiger partial charge in [-0.3, -0.25) is 4.98 Å². The third kappa shape index (κ3) is 3.09. The molecule has 20 heavy (non-hydrogen) atoms. The number of H-pyrrole nitrogens is 1. The lowest BCUT2D eigenvalue weighted by molar-refractivity contribution is 0.423. The van der Waals surface area contributed by atoms with E-state index in [2.05, 4.69) is 4.98 Å². The van der Waals surface area contributed by atoms with E-state index in [0.717, 1.165) is 23.4 Å². The smallest absolute Gasteiger partial charge is 0.408 e. The minimum Gasteiger partial charge on any atom is -0.408 e. The van der Waals surface area contributed by atoms with Crippen LogP contribution in [0.4, 0.5) is 0 Å². The topological polar surface area (TPSA) is 46.0 Å². The van der Waals surface area contributed by atoms with Crippen LogP contribution in [0, 0.1) is 5.92 Å². The monoisotopic (exact) mass is 293 g/mol. The summed E-state index contributed by atoms with van der Waals surface area (Å²) in [5, 5.41) is 0.00250. The number of aromatic amines is 1. The summed E-state index contributed by atoms with van der Waals surface area (Å²) in [6.45, 7) is 0. The lowest BCUT2D eigenvalue weighted by Gasteiger charge is -2.18. The Morgan fingerprint density at radius 1 is 1.25 bits per heavy atom. The van der Waals surface area contributed by atoms with Crippen molar-refractivity contribution in [2.75, 3.05) is 0 Å². The van der Waals surface area contributed by atoms with Crippen LogP contribution in [-0.2, 0) is 0 Å². The maximum absolute atomic E-state index is 11.2. The van der Waals surface area contributed by atoms with E-state index >= 15 is 0 Å². The summed E-state index contributed by atoms with van der Waals surface area (Å²) in [5.74, 6) is 0.320. The third-order valence-corrected chi connectivity index (χ3v) is 4.75. The highest BCUT2D eigenvalue weighted by atomic mass is 35.5. The summed E-state index contributed by atoms with van der Waals surface area (Å²) in [5.41, 5.74) is 2.38. The Labute approximate surface area is 123 Å². The van der Waals surface area contributed by atoms with E-state index in [9.17, 15) is 4.79 Å². The molecule has 0 bridgehead atoms. The molecule has 3 nitrogen and oxygen atoms in total. The summed E-state index contributed by atoms with van der Waals surface area (Å²) in [7, 11) is 0. The Balaban J connectivity index is 1.73. The standard InChI is InChI=1S/C16H20ClNO2/c17-13(9-11-5-3-1-2-4-6-11)12-7-8-14-15(10-12)20-16(19)18-14/h7-8,10-11,13H,1-6,9H2,(H,18,19). The summed E-state index contributed by atoms with van der Waals surface area (Å²) in [6.07, 6.45) is 9.00. The van der Waals surface area contributed by atoms with Crippen LogP contribution in [0.5, 0.6) is 0 Å². The average Bonchev–Trinajstić information content (AvgIpc) is 2.62. The SMILES string of the molecule is O=c1[nH]c2ccc(C(Cl)CC3CCCCCC3)cc2o1. The Bertz CT molecular complexity index is 623. The van der Waals surface area contributed by atoms with Crippen molar-refractivity contribution in [2.24, 2.45) is 5.92 Å². The predicted molar refractivity (Wildman–Crippen MR) is 81.2 cm³/mol. The third-order valence-electron chi connectivity index (χ3n) is 4.32. The Morgan fingerprint density at radius 2 is 2.00 bits per heavy atom. The minimum atomic E-state index is -0.410. The molecule has 1 heterocycles. The van der Waals surface area contributed by atoms with Gasteiger partial charge in [-0.05, 0) is 30.0 Å². The van der Waals surface area contributed by atoms with Gasteiger partial charge in [-0.1, -0.05) is 44.6 Å². The van der Waals surface area contributed by atoms with Crippen LogP contribution >= 0.6 is 11.6 Å². The first-order valence-electron chi connectivity index (χ1n) is 7.49. The number of hydrogen-bond acceptors (Lipinski definition) is 2. The second-order valence-electron chi connectivity index (χ2n) is 5.83. The van der Waals surface area contributed by atoms with Crippen LogP contribution in [0.1, 0.15) is 55.9 Å². The van der Waals surface area contributed by atoms with E-state index in [-0.39, 0.29) is 5.38 Å². The number of oxazole rings is 1. The van der Waals surface area contributed by atoms with Gasteiger partial charge in [0.1, 0.15) is 0 Å². The lowest BCUT2D eigenvalue weighted by atomic mass is 9.92. The lowest BCUT2D eigenvalue weighted by Crippen LogP contribution is -2.03. The van der Waals surface area contributed by atoms with Gasteiger partial charge in [0.25, 0.3) is 0 Å². The van der Waals surface area contributed by atoms with Gasteiger partial charge in [-0.15, -0.1) is 11.6 Å². The molecule has 1 aromatic heterocycles. The highest BCUT2D eigenvalue weighted by Crippen LogP contribution is 2.35. The number of fused-ring (bicyclic) bond motifs is 1. The number of rotatable bonds is 3. The van der Waals surface area contributed by atoms with Gasteiger partial charge < -0.3 is 4.42 Å². The van der Waals surface area contributed by atoms with Gasteiger partial charge in [-0.25, -0.2) is 4.79 Å². The zero-order chi connectivity index (χ0) is 13.9. The van der Waals surface area contributed by atoms with Crippen molar-refractivity contribution in [1.82, 2.24) is 4.98 Å². The van der Waals surface area contributed by atoms with E-state index in [4.69, 9.17) is 16.0 Å². The highest BCUT2D eigenvalue weighted by Gasteiger charge is 2.18. The molecule has 1 N–H and O–H groups in total. The summed E-state index contributed by atoms with van der Waals surface area (Å²) >= 11 is 6.57. The zero-order valence-electron chi connectivity index (χ0n) is 11.5. The largest absolute Gasteiger partial charge is 0.417 e. The average molecular weight is 294 g/mol. The van der Waals surface area contributed by atoms with Gasteiger partial charge in [0, 0.05) is 0 Å². The molecule has 2 aromatic rings. The van der Waals surface area contributed by atoms with Crippen LogP contribution in [0.15, 0.2) is 27.4 Å². The fourth-order valence-electron chi connectivity index (χ4n) is 3.19. The van der Waals surface area contributed by atoms with Crippen molar-refractivity contribution in [2.45, 2.75) is 50.3 Å². The molecule has 1 aliphatic rings. The van der Waals surface area contributed by atoms with Crippen molar-refractivity contribution < 1.29 is 4.42 Å². The van der Waals surface area contributed by atoms with Crippen LogP contribution in [0.3, 0.4) is 0 Å². The first-order valence-corrected chi connectivity index (χ1v) is 7.93. The number of alkyl halides is 1. The normalized spacial score (nSPS) is 19.1. The maximum atomic E-state index is 11.2. The zero-order valence-corrected chi connectivity index (χ0v) is 12.3. The molecule has 1 atom stereocenters. The van der Waals surface area contributed by atoms with Gasteiger partial charge in [0.2, 0.25) is 0 Å². The molecule has 0 aliphatic heterocycles. The van der Waals surface area contributed by atoms with Crippen LogP contribution < -0.4 is 5.76 Å². The molecule has 1 unspecified atom stereocenters. The Hall–Kier alpha value is -1.22. The summed E-state index contributed by atoms with van der Waals surface area (Å²) in [4.78, 5) is 13.8. The van der Waals surface area contributed by atoms with Gasteiger partial charge in [0.05, 0.1) is 10.9 Å². The molecule has 1 saturated carbocycles. The molecule has 0 radical (unpaired) electrons. The van der Waals surface area contributed by atoms with Gasteiger partial charge >= 0.3 is 5.76 Å². The molecule has 108 valence electrons. The van der Waals surface area contributed by atoms with E-state index in [1.54, 1.807) is 0 Å². The molecule has 3 rings (SSSR count). The summed E-state index contributed by atoms with van der Waals surface area (Å²) in [6, 6.07) is 5.75. The van der Waals surface area contributed by atoms with Crippen molar-refractivity contribution >= 4 is 22.7 Å². The van der Waals surface area contributed by atoms with E-state index < -0.39 is 5.76 Å². The Morgan fingerprint density at radius 3 is 2.75 bits per heavy atom. The number of nitrogens with one attached hydrogen (secondary N) is 1. The van der Waals surface area contributed by atoms with E-state index in [1.165, 1.54) is 38.5 Å². The molecular weight excluding hydrogens is 274 g/mol. The molecule has 0 amide bonds. The second kappa shape index (κ2) is 6.04. The molecular formula is C16H20ClNO2. The first-order chi connectivity index (χ1) is 9.72. The molecule has 4 heteroatoms. The van der Waals surface area contributed by atoms with Crippen molar-refractivity contribution in [1.29, 1.82) is 0 Å². The summed E-state index contributed by atoms with van der Waals surface area (Å²) < 4.78 is 5.10. The number of aromatic nitrogens is 1. The van der Waals surface area contributed by atoms with Crippen LogP contribution in [0.2, 0.25) is 0 Å². The van der Waals surface area contributed by atoms with E-state index in [1.807, 2.05) is 18.2 Å². The highest BCUT2D eigenvalue weighted by molar-refractivity contribution is 6.20. The molecule has 1 aromatic carbocycles. The number of halogens is 1. The van der Waals surface area contributed by atoms with Crippen molar-refractivity contribution in [3.05, 3.63) is 34.3 Å². The Kier molecular flexibility index (Phi) is 4.16. The second-order valence-corrected chi connectivity index (χ2v) is 6.36. The molecule has 0 spiro atoms. The van der Waals surface area contributed by atoms with Gasteiger partial charge in [-0.2, -0.15) is 0 Å². The quantitative estimate of drug-likeness (QED) is 0.655. The fourth-order valence-corrected chi connectivity index (χ4v) is 3.57. The maximum Gasteiger partial charge on any atom is 0.417 e. The molecule has 1 fully saturated rings. The van der Waals surface area contributed by atoms with Crippen LogP contribution in [0.25, 0.3) is 11.1 Å².